The van der Waals surface area contributed by atoms with Gasteiger partial charge in [-0.2, -0.15) is 0 Å². The first kappa shape index (κ1) is 15.1. The third-order valence-electron chi connectivity index (χ3n) is 4.17. The van der Waals surface area contributed by atoms with Crippen LogP contribution in [0.3, 0.4) is 0 Å². The fourth-order valence-electron chi connectivity index (χ4n) is 2.84. The summed E-state index contributed by atoms with van der Waals surface area (Å²) >= 11 is 0. The molecule has 110 valence electrons. The quantitative estimate of drug-likeness (QED) is 0.760. The zero-order chi connectivity index (χ0) is 14.5. The number of furan rings is 1. The summed E-state index contributed by atoms with van der Waals surface area (Å²) in [6.07, 6.45) is 3.28. The molecule has 2 nitrogen and oxygen atoms in total. The lowest BCUT2D eigenvalue weighted by Crippen LogP contribution is -2.28. The van der Waals surface area contributed by atoms with Gasteiger partial charge >= 0.3 is 0 Å². The highest BCUT2D eigenvalue weighted by Gasteiger charge is 2.25. The van der Waals surface area contributed by atoms with Crippen LogP contribution in [-0.2, 0) is 6.42 Å². The van der Waals surface area contributed by atoms with Crippen molar-refractivity contribution in [2.75, 3.05) is 6.54 Å². The van der Waals surface area contributed by atoms with E-state index in [4.69, 9.17) is 4.42 Å². The molecule has 2 rings (SSSR count). The van der Waals surface area contributed by atoms with Crippen LogP contribution < -0.4 is 5.32 Å². The molecule has 0 spiro atoms. The molecule has 0 aliphatic rings. The summed E-state index contributed by atoms with van der Waals surface area (Å²) in [5.41, 5.74) is 2.40. The molecule has 0 amide bonds. The molecule has 0 saturated heterocycles. The first-order chi connectivity index (χ1) is 9.72. The molecule has 2 atom stereocenters. The second-order valence-corrected chi connectivity index (χ2v) is 5.61. The third kappa shape index (κ3) is 2.90. The number of nitrogens with one attached hydrogen (secondary N) is 1. The Bertz CT molecular complexity index is 543. The lowest BCUT2D eigenvalue weighted by Gasteiger charge is -2.25. The van der Waals surface area contributed by atoms with Crippen molar-refractivity contribution in [3.8, 4) is 0 Å². The van der Waals surface area contributed by atoms with Gasteiger partial charge in [0.15, 0.2) is 0 Å². The minimum atomic E-state index is 0.388. The van der Waals surface area contributed by atoms with E-state index in [1.54, 1.807) is 0 Å². The maximum atomic E-state index is 6.06. The molecule has 2 aromatic rings. The van der Waals surface area contributed by atoms with Crippen molar-refractivity contribution in [1.29, 1.82) is 0 Å². The molecule has 0 saturated carbocycles. The normalized spacial score (nSPS) is 14.6. The van der Waals surface area contributed by atoms with E-state index < -0.39 is 0 Å². The highest BCUT2D eigenvalue weighted by molar-refractivity contribution is 5.82. The first-order valence-corrected chi connectivity index (χ1v) is 7.96. The van der Waals surface area contributed by atoms with Crippen molar-refractivity contribution < 1.29 is 4.42 Å². The van der Waals surface area contributed by atoms with Crippen molar-refractivity contribution in [3.05, 3.63) is 35.6 Å². The van der Waals surface area contributed by atoms with Crippen molar-refractivity contribution in [3.63, 3.8) is 0 Å². The maximum absolute atomic E-state index is 6.06. The molecular weight excluding hydrogens is 246 g/mol. The van der Waals surface area contributed by atoms with E-state index in [9.17, 15) is 0 Å². The Morgan fingerprint density at radius 3 is 2.55 bits per heavy atom. The van der Waals surface area contributed by atoms with Crippen LogP contribution in [0.5, 0.6) is 0 Å². The molecule has 0 aliphatic heterocycles. The van der Waals surface area contributed by atoms with Crippen LogP contribution in [0.15, 0.2) is 28.7 Å². The van der Waals surface area contributed by atoms with Gasteiger partial charge in [-0.25, -0.2) is 0 Å². The second kappa shape index (κ2) is 6.94. The van der Waals surface area contributed by atoms with E-state index in [0.717, 1.165) is 30.7 Å². The van der Waals surface area contributed by atoms with Gasteiger partial charge in [0.05, 0.1) is 0 Å². The fourth-order valence-corrected chi connectivity index (χ4v) is 2.84. The summed E-state index contributed by atoms with van der Waals surface area (Å²) < 4.78 is 6.06. The van der Waals surface area contributed by atoms with Crippen LogP contribution in [0, 0.1) is 5.92 Å². The second-order valence-electron chi connectivity index (χ2n) is 5.61. The van der Waals surface area contributed by atoms with Crippen LogP contribution in [0.25, 0.3) is 11.0 Å². The molecule has 1 N–H and O–H groups in total. The summed E-state index contributed by atoms with van der Waals surface area (Å²) in [7, 11) is 0. The maximum Gasteiger partial charge on any atom is 0.134 e. The summed E-state index contributed by atoms with van der Waals surface area (Å²) in [6, 6.07) is 8.81. The molecule has 2 unspecified atom stereocenters. The van der Waals surface area contributed by atoms with Crippen LogP contribution >= 0.6 is 0 Å². The monoisotopic (exact) mass is 273 g/mol. The van der Waals surface area contributed by atoms with Gasteiger partial charge in [0.25, 0.3) is 0 Å². The highest BCUT2D eigenvalue weighted by Crippen LogP contribution is 2.35. The fraction of sp³-hybridized carbons (Fsp3) is 0.556. The standard InChI is InChI=1S/C18H27NO/c1-5-12-19-18(13(4)6-2)17-14-10-8-9-11-16(14)20-15(17)7-3/h8-11,13,18-19H,5-7,12H2,1-4H3. The number of fused-ring (bicyclic) bond motifs is 1. The topological polar surface area (TPSA) is 25.2 Å². The largest absolute Gasteiger partial charge is 0.461 e. The van der Waals surface area contributed by atoms with Gasteiger partial charge in [0, 0.05) is 23.4 Å². The lowest BCUT2D eigenvalue weighted by molar-refractivity contribution is 0.371. The van der Waals surface area contributed by atoms with Crippen molar-refractivity contribution in [2.24, 2.45) is 5.92 Å². The van der Waals surface area contributed by atoms with E-state index in [1.807, 2.05) is 6.07 Å². The van der Waals surface area contributed by atoms with E-state index >= 15 is 0 Å². The summed E-state index contributed by atoms with van der Waals surface area (Å²) in [6.45, 7) is 10.0. The molecule has 20 heavy (non-hydrogen) atoms. The van der Waals surface area contributed by atoms with Crippen LogP contribution in [0.4, 0.5) is 0 Å². The van der Waals surface area contributed by atoms with Gasteiger partial charge in [-0.15, -0.1) is 0 Å². The van der Waals surface area contributed by atoms with E-state index in [2.05, 4.69) is 51.2 Å². The van der Waals surface area contributed by atoms with Crippen LogP contribution in [-0.4, -0.2) is 6.54 Å². The number of rotatable bonds is 7. The van der Waals surface area contributed by atoms with Gasteiger partial charge < -0.3 is 9.73 Å². The predicted molar refractivity (Wildman–Crippen MR) is 86.1 cm³/mol. The molecule has 1 aromatic heterocycles. The van der Waals surface area contributed by atoms with E-state index in [1.165, 1.54) is 17.4 Å². The molecule has 0 bridgehead atoms. The highest BCUT2D eigenvalue weighted by atomic mass is 16.3. The Morgan fingerprint density at radius 2 is 1.90 bits per heavy atom. The minimum Gasteiger partial charge on any atom is -0.461 e. The number of para-hydroxylation sites is 1. The third-order valence-corrected chi connectivity index (χ3v) is 4.17. The molecule has 1 heterocycles. The number of benzene rings is 1. The predicted octanol–water partition coefficient (Wildman–Crippen LogP) is 5.08. The Balaban J connectivity index is 2.50. The Morgan fingerprint density at radius 1 is 1.15 bits per heavy atom. The summed E-state index contributed by atoms with van der Waals surface area (Å²) in [4.78, 5) is 0. The van der Waals surface area contributed by atoms with Gasteiger partial charge in [-0.1, -0.05) is 52.3 Å². The first-order valence-electron chi connectivity index (χ1n) is 7.96. The SMILES string of the molecule is CCCNC(c1c(CC)oc2ccccc12)C(C)CC. The zero-order valence-electron chi connectivity index (χ0n) is 13.2. The Kier molecular flexibility index (Phi) is 5.24. The zero-order valence-corrected chi connectivity index (χ0v) is 13.2. The van der Waals surface area contributed by atoms with Crippen LogP contribution in [0.1, 0.15) is 57.9 Å². The smallest absolute Gasteiger partial charge is 0.134 e. The van der Waals surface area contributed by atoms with Crippen LogP contribution in [0.2, 0.25) is 0 Å². The molecular formula is C18H27NO. The van der Waals surface area contributed by atoms with Crippen molar-refractivity contribution in [1.82, 2.24) is 5.32 Å². The Labute approximate surface area is 122 Å². The molecule has 0 fully saturated rings. The molecule has 0 radical (unpaired) electrons. The lowest BCUT2D eigenvalue weighted by atomic mass is 9.90. The van der Waals surface area contributed by atoms with Gasteiger partial charge in [-0.3, -0.25) is 0 Å². The number of hydrogen-bond donors (Lipinski definition) is 1. The number of hydrogen-bond acceptors (Lipinski definition) is 2. The van der Waals surface area contributed by atoms with Gasteiger partial charge in [-0.05, 0) is 24.9 Å². The van der Waals surface area contributed by atoms with E-state index in [0.29, 0.717) is 12.0 Å². The molecule has 0 aliphatic carbocycles. The van der Waals surface area contributed by atoms with Crippen molar-refractivity contribution >= 4 is 11.0 Å². The average Bonchev–Trinajstić information content (AvgIpc) is 2.86. The summed E-state index contributed by atoms with van der Waals surface area (Å²) in [5, 5.41) is 5.01. The summed E-state index contributed by atoms with van der Waals surface area (Å²) in [5.74, 6) is 1.74. The Hall–Kier alpha value is -1.28. The van der Waals surface area contributed by atoms with Crippen molar-refractivity contribution in [2.45, 2.75) is 53.0 Å². The minimum absolute atomic E-state index is 0.388. The average molecular weight is 273 g/mol. The van der Waals surface area contributed by atoms with E-state index in [-0.39, 0.29) is 0 Å². The molecule has 1 aromatic carbocycles. The number of aryl methyl sites for hydroxylation is 1. The molecule has 2 heteroatoms. The van der Waals surface area contributed by atoms with Gasteiger partial charge in [0.1, 0.15) is 11.3 Å². The van der Waals surface area contributed by atoms with Gasteiger partial charge in [0.2, 0.25) is 0 Å².